The summed E-state index contributed by atoms with van der Waals surface area (Å²) in [7, 11) is 0. The molecule has 23 heavy (non-hydrogen) atoms. The third kappa shape index (κ3) is 3.44. The van der Waals surface area contributed by atoms with Crippen LogP contribution in [0.5, 0.6) is 0 Å². The zero-order chi connectivity index (χ0) is 16.6. The zero-order valence-electron chi connectivity index (χ0n) is 14.1. The Bertz CT molecular complexity index is 633. The van der Waals surface area contributed by atoms with Gasteiger partial charge in [-0.25, -0.2) is 9.59 Å². The van der Waals surface area contributed by atoms with Gasteiger partial charge in [0.15, 0.2) is 0 Å². The second-order valence-electron chi connectivity index (χ2n) is 7.35. The molecule has 1 saturated heterocycles. The zero-order valence-corrected chi connectivity index (χ0v) is 14.1. The van der Waals surface area contributed by atoms with Crippen LogP contribution >= 0.6 is 0 Å². The molecule has 0 atom stereocenters. The minimum Gasteiger partial charge on any atom is -0.444 e. The van der Waals surface area contributed by atoms with E-state index in [-0.39, 0.29) is 17.8 Å². The number of aromatic nitrogens is 2. The summed E-state index contributed by atoms with van der Waals surface area (Å²) in [6, 6.07) is 0.166. The number of nitrogens with zero attached hydrogens (tertiary/aromatic N) is 2. The van der Waals surface area contributed by atoms with Gasteiger partial charge in [-0.1, -0.05) is 0 Å². The number of hydrogen-bond acceptors (Lipinski definition) is 4. The maximum atomic E-state index is 12.3. The lowest BCUT2D eigenvalue weighted by Crippen LogP contribution is -2.43. The van der Waals surface area contributed by atoms with Crippen molar-refractivity contribution < 1.29 is 9.53 Å². The van der Waals surface area contributed by atoms with Gasteiger partial charge in [-0.3, -0.25) is 4.57 Å². The molecule has 1 fully saturated rings. The van der Waals surface area contributed by atoms with Crippen molar-refractivity contribution in [3.63, 3.8) is 0 Å². The van der Waals surface area contributed by atoms with E-state index in [9.17, 15) is 9.59 Å². The number of rotatable bonds is 1. The van der Waals surface area contributed by atoms with Gasteiger partial charge in [-0.05, 0) is 33.6 Å². The summed E-state index contributed by atoms with van der Waals surface area (Å²) in [6.45, 7) is 8.51. The van der Waals surface area contributed by atoms with Crippen LogP contribution in [0.3, 0.4) is 0 Å². The molecule has 1 aromatic heterocycles. The molecule has 2 aliphatic heterocycles. The third-order valence-corrected chi connectivity index (χ3v) is 4.44. The number of carbonyl (C=O) groups excluding carboxylic acids is 1. The fourth-order valence-electron chi connectivity index (χ4n) is 3.39. The summed E-state index contributed by atoms with van der Waals surface area (Å²) in [5.41, 5.74) is 1.65. The standard InChI is InChI=1S/C16H26N4O3/c1-16(2,3)23-15(22)19-8-5-11(6-9-19)20-13-4-7-17-10-12(13)18-14(20)21/h11,17H,4-10H2,1-3H3,(H,18,21). The summed E-state index contributed by atoms with van der Waals surface area (Å²) in [5, 5.41) is 3.28. The maximum Gasteiger partial charge on any atom is 0.410 e. The van der Waals surface area contributed by atoms with E-state index in [0.29, 0.717) is 13.1 Å². The molecule has 7 nitrogen and oxygen atoms in total. The molecule has 2 N–H and O–H groups in total. The molecule has 2 aliphatic rings. The molecule has 7 heteroatoms. The fourth-order valence-corrected chi connectivity index (χ4v) is 3.39. The van der Waals surface area contributed by atoms with Gasteiger partial charge in [0.2, 0.25) is 0 Å². The van der Waals surface area contributed by atoms with Crippen molar-refractivity contribution in [3.8, 4) is 0 Å². The molecule has 0 aromatic carbocycles. The molecule has 0 spiro atoms. The minimum atomic E-state index is -0.475. The van der Waals surface area contributed by atoms with Gasteiger partial charge in [0.1, 0.15) is 5.60 Å². The van der Waals surface area contributed by atoms with E-state index in [1.54, 1.807) is 4.90 Å². The maximum absolute atomic E-state index is 12.3. The van der Waals surface area contributed by atoms with E-state index in [1.165, 1.54) is 0 Å². The number of nitrogens with one attached hydrogen (secondary N) is 2. The number of hydrogen-bond donors (Lipinski definition) is 2. The quantitative estimate of drug-likeness (QED) is 0.819. The third-order valence-electron chi connectivity index (χ3n) is 4.44. The molecule has 0 bridgehead atoms. The summed E-state index contributed by atoms with van der Waals surface area (Å²) in [5.74, 6) is 0. The first kappa shape index (κ1) is 16.1. The Morgan fingerprint density at radius 1 is 1.26 bits per heavy atom. The largest absolute Gasteiger partial charge is 0.444 e. The number of imidazole rings is 1. The number of ether oxygens (including phenoxy) is 1. The van der Waals surface area contributed by atoms with E-state index >= 15 is 0 Å². The lowest BCUT2D eigenvalue weighted by molar-refractivity contribution is 0.0187. The molecule has 0 unspecified atom stereocenters. The van der Waals surface area contributed by atoms with Crippen molar-refractivity contribution >= 4 is 6.09 Å². The predicted octanol–water partition coefficient (Wildman–Crippen LogP) is 1.39. The number of carbonyl (C=O) groups is 1. The highest BCUT2D eigenvalue weighted by Gasteiger charge is 2.30. The SMILES string of the molecule is CC(C)(C)OC(=O)N1CCC(n2c3c([nH]c2=O)CNCC3)CC1. The average molecular weight is 322 g/mol. The first-order valence-corrected chi connectivity index (χ1v) is 8.36. The second kappa shape index (κ2) is 6.03. The minimum absolute atomic E-state index is 0.0191. The van der Waals surface area contributed by atoms with Crippen LogP contribution in [0.4, 0.5) is 4.79 Å². The Morgan fingerprint density at radius 2 is 1.96 bits per heavy atom. The number of H-pyrrole nitrogens is 1. The Balaban J connectivity index is 1.67. The molecule has 128 valence electrons. The first-order valence-electron chi connectivity index (χ1n) is 8.36. The number of likely N-dealkylation sites (tertiary alicyclic amines) is 1. The van der Waals surface area contributed by atoms with Crippen LogP contribution in [0.15, 0.2) is 4.79 Å². The molecule has 3 heterocycles. The molecule has 0 radical (unpaired) electrons. The molecule has 3 rings (SSSR count). The van der Waals surface area contributed by atoms with Gasteiger partial charge in [0.25, 0.3) is 0 Å². The topological polar surface area (TPSA) is 79.4 Å². The van der Waals surface area contributed by atoms with E-state index in [2.05, 4.69) is 10.3 Å². The highest BCUT2D eigenvalue weighted by atomic mass is 16.6. The first-order chi connectivity index (χ1) is 10.8. The molecule has 0 saturated carbocycles. The Kier molecular flexibility index (Phi) is 4.23. The number of piperidine rings is 1. The van der Waals surface area contributed by atoms with E-state index in [0.717, 1.165) is 43.7 Å². The normalized spacial score (nSPS) is 19.5. The van der Waals surface area contributed by atoms with Crippen molar-refractivity contribution in [1.82, 2.24) is 19.8 Å². The van der Waals surface area contributed by atoms with Crippen LogP contribution in [0.2, 0.25) is 0 Å². The molecule has 0 aliphatic carbocycles. The van der Waals surface area contributed by atoms with Crippen LogP contribution in [0.25, 0.3) is 0 Å². The lowest BCUT2D eigenvalue weighted by Gasteiger charge is -2.34. The summed E-state index contributed by atoms with van der Waals surface area (Å²) >= 11 is 0. The van der Waals surface area contributed by atoms with Crippen molar-refractivity contribution in [3.05, 3.63) is 21.9 Å². The lowest BCUT2D eigenvalue weighted by atomic mass is 10.0. The highest BCUT2D eigenvalue weighted by molar-refractivity contribution is 5.68. The smallest absolute Gasteiger partial charge is 0.410 e. The highest BCUT2D eigenvalue weighted by Crippen LogP contribution is 2.25. The average Bonchev–Trinajstić information content (AvgIpc) is 2.81. The molecular weight excluding hydrogens is 296 g/mol. The van der Waals surface area contributed by atoms with Crippen molar-refractivity contribution in [2.45, 2.75) is 58.2 Å². The van der Waals surface area contributed by atoms with Crippen LogP contribution in [0, 0.1) is 0 Å². The second-order valence-corrected chi connectivity index (χ2v) is 7.35. The van der Waals surface area contributed by atoms with Gasteiger partial charge in [-0.2, -0.15) is 0 Å². The van der Waals surface area contributed by atoms with E-state index < -0.39 is 5.60 Å². The van der Waals surface area contributed by atoms with Gasteiger partial charge in [-0.15, -0.1) is 0 Å². The Morgan fingerprint density at radius 3 is 2.61 bits per heavy atom. The molecule has 1 amide bonds. The predicted molar refractivity (Wildman–Crippen MR) is 86.5 cm³/mol. The molecular formula is C16H26N4O3. The van der Waals surface area contributed by atoms with E-state index in [1.807, 2.05) is 25.3 Å². The van der Waals surface area contributed by atoms with Crippen LogP contribution in [-0.4, -0.2) is 45.8 Å². The summed E-state index contributed by atoms with van der Waals surface area (Å²) in [6.07, 6.45) is 2.19. The molecule has 1 aromatic rings. The van der Waals surface area contributed by atoms with E-state index in [4.69, 9.17) is 4.74 Å². The van der Waals surface area contributed by atoms with Crippen LogP contribution < -0.4 is 11.0 Å². The number of fused-ring (bicyclic) bond motifs is 1. The van der Waals surface area contributed by atoms with Crippen LogP contribution in [0.1, 0.15) is 51.0 Å². The van der Waals surface area contributed by atoms with Gasteiger partial charge < -0.3 is 19.9 Å². The Labute approximate surface area is 136 Å². The number of amides is 1. The van der Waals surface area contributed by atoms with Crippen molar-refractivity contribution in [1.29, 1.82) is 0 Å². The fraction of sp³-hybridized carbons (Fsp3) is 0.750. The number of aromatic amines is 1. The summed E-state index contributed by atoms with van der Waals surface area (Å²) < 4.78 is 7.34. The van der Waals surface area contributed by atoms with Gasteiger partial charge in [0, 0.05) is 44.3 Å². The van der Waals surface area contributed by atoms with Gasteiger partial charge in [0.05, 0.1) is 5.69 Å². The van der Waals surface area contributed by atoms with Crippen molar-refractivity contribution in [2.75, 3.05) is 19.6 Å². The van der Waals surface area contributed by atoms with Crippen molar-refractivity contribution in [2.24, 2.45) is 0 Å². The Hall–Kier alpha value is -1.76. The van der Waals surface area contributed by atoms with Gasteiger partial charge >= 0.3 is 11.8 Å². The monoisotopic (exact) mass is 322 g/mol. The summed E-state index contributed by atoms with van der Waals surface area (Å²) in [4.78, 5) is 29.1. The van der Waals surface area contributed by atoms with Crippen LogP contribution in [-0.2, 0) is 17.7 Å².